The third-order valence-corrected chi connectivity index (χ3v) is 23.9. The molecule has 0 atom stereocenters. The molecule has 0 saturated heterocycles. The van der Waals surface area contributed by atoms with E-state index in [9.17, 15) is 0 Å². The van der Waals surface area contributed by atoms with Gasteiger partial charge in [0.25, 0.3) is 6.71 Å². The van der Waals surface area contributed by atoms with Crippen LogP contribution in [0.1, 0.15) is 181 Å². The fourth-order valence-corrected chi connectivity index (χ4v) is 18.4. The van der Waals surface area contributed by atoms with Crippen molar-refractivity contribution in [2.45, 2.75) is 180 Å². The van der Waals surface area contributed by atoms with Crippen LogP contribution in [0.5, 0.6) is 0 Å². The molecule has 4 heterocycles. The monoisotopic (exact) mass is 1140 g/mol. The molecular formula is C78H82BN3S2. The zero-order valence-electron chi connectivity index (χ0n) is 52.4. The van der Waals surface area contributed by atoms with Crippen LogP contribution in [0.25, 0.3) is 30.3 Å². The van der Waals surface area contributed by atoms with Gasteiger partial charge in [0.1, 0.15) is 0 Å². The summed E-state index contributed by atoms with van der Waals surface area (Å²) in [5.41, 5.74) is 24.3. The Morgan fingerprint density at radius 2 is 0.905 bits per heavy atom. The topological polar surface area (TPSA) is 9.72 Å². The third kappa shape index (κ3) is 8.07. The second-order valence-corrected chi connectivity index (χ2v) is 33.1. The Hall–Kier alpha value is -6.60. The highest BCUT2D eigenvalue weighted by atomic mass is 32.1. The average molecular weight is 1140 g/mol. The number of para-hydroxylation sites is 1. The molecule has 84 heavy (non-hydrogen) atoms. The Kier molecular flexibility index (Phi) is 11.6. The average Bonchev–Trinajstić information content (AvgIpc) is 1.18. The maximum atomic E-state index is 2.77. The van der Waals surface area contributed by atoms with Crippen LogP contribution >= 0.6 is 22.7 Å². The maximum Gasteiger partial charge on any atom is 0.264 e. The molecule has 0 spiro atoms. The minimum absolute atomic E-state index is 0.000336. The lowest BCUT2D eigenvalue weighted by Crippen LogP contribution is -2.61. The summed E-state index contributed by atoms with van der Waals surface area (Å²) in [6.07, 6.45) is 6.97. The molecule has 2 aromatic heterocycles. The normalized spacial score (nSPS) is 19.1. The molecular weight excluding hydrogens is 1050 g/mol. The van der Waals surface area contributed by atoms with Crippen molar-refractivity contribution in [3.05, 3.63) is 191 Å². The Balaban J connectivity index is 1.11. The van der Waals surface area contributed by atoms with Gasteiger partial charge in [-0.2, -0.15) is 0 Å². The smallest absolute Gasteiger partial charge is 0.264 e. The zero-order valence-corrected chi connectivity index (χ0v) is 54.0. The van der Waals surface area contributed by atoms with Crippen LogP contribution in [0.3, 0.4) is 0 Å². The van der Waals surface area contributed by atoms with E-state index in [-0.39, 0.29) is 44.6 Å². The molecule has 6 heteroatoms. The van der Waals surface area contributed by atoms with Gasteiger partial charge < -0.3 is 14.7 Å². The predicted molar refractivity (Wildman–Crippen MR) is 368 cm³/mol. The molecule has 0 bridgehead atoms. The molecule has 2 aliphatic heterocycles. The van der Waals surface area contributed by atoms with Crippen molar-refractivity contribution in [2.24, 2.45) is 0 Å². The predicted octanol–water partition coefficient (Wildman–Crippen LogP) is 21.2. The summed E-state index contributed by atoms with van der Waals surface area (Å²) in [6, 6.07) is 60.7. The van der Waals surface area contributed by atoms with Crippen molar-refractivity contribution in [3.8, 4) is 0 Å². The second-order valence-electron chi connectivity index (χ2n) is 30.9. The fraction of sp³-hybridized carbons (Fsp3) is 0.359. The van der Waals surface area contributed by atoms with Crippen LogP contribution in [0.2, 0.25) is 0 Å². The van der Waals surface area contributed by atoms with Gasteiger partial charge in [-0.15, -0.1) is 22.7 Å². The summed E-state index contributed by atoms with van der Waals surface area (Å²) in [5, 5.41) is 3.97. The summed E-state index contributed by atoms with van der Waals surface area (Å²) in [5.74, 6) is 0. The van der Waals surface area contributed by atoms with E-state index in [0.29, 0.717) is 0 Å². The van der Waals surface area contributed by atoms with E-state index in [1.807, 2.05) is 22.7 Å². The van der Waals surface area contributed by atoms with E-state index in [1.54, 1.807) is 0 Å². The number of rotatable bonds is 5. The molecule has 0 fully saturated rings. The summed E-state index contributed by atoms with van der Waals surface area (Å²) >= 11 is 3.94. The lowest BCUT2D eigenvalue weighted by Gasteiger charge is -2.48. The number of fused-ring (bicyclic) bond motifs is 12. The Morgan fingerprint density at radius 3 is 1.51 bits per heavy atom. The molecule has 0 N–H and O–H groups in total. The van der Waals surface area contributed by atoms with Crippen LogP contribution < -0.4 is 30.4 Å². The molecule has 424 valence electrons. The Bertz CT molecular complexity index is 4400. The first kappa shape index (κ1) is 54.1. The largest absolute Gasteiger partial charge is 0.311 e. The van der Waals surface area contributed by atoms with Gasteiger partial charge in [-0.3, -0.25) is 0 Å². The van der Waals surface area contributed by atoms with Crippen LogP contribution in [-0.2, 0) is 37.9 Å². The molecule has 0 unspecified atom stereocenters. The standard InChI is InChI=1S/C78H82BN3S2/c1-72(2,3)47-25-32-67-55(39-47)70-71(84-67)79-62-45-60-61(78(14,15)38-37-77(60,12)13)46-63(62)81(49-27-30-56-58(40-49)75(8,9)35-33-73(56,4)5)64-42-52(43-65(69(64)79)82(70)50-28-31-57-59(41-50)76(10,11)36-34-74(57,6)7)80(48-21-17-16-18-22-48)51-26-29-54-53-23-19-20-24-66(53)83-68(54)44-51/h16-32,39-46H,33-38H2,1-15H3. The van der Waals surface area contributed by atoms with E-state index in [0.717, 1.165) is 42.7 Å². The van der Waals surface area contributed by atoms with Crippen molar-refractivity contribution in [3.63, 3.8) is 0 Å². The van der Waals surface area contributed by atoms with Crippen LogP contribution in [0.15, 0.2) is 152 Å². The van der Waals surface area contributed by atoms with E-state index in [2.05, 4.69) is 270 Å². The first-order valence-electron chi connectivity index (χ1n) is 31.3. The summed E-state index contributed by atoms with van der Waals surface area (Å²) in [7, 11) is 0. The minimum Gasteiger partial charge on any atom is -0.311 e. The highest BCUT2D eigenvalue weighted by Crippen LogP contribution is 2.57. The molecule has 0 amide bonds. The molecule has 10 aromatic rings. The number of hydrogen-bond acceptors (Lipinski definition) is 5. The van der Waals surface area contributed by atoms with Gasteiger partial charge in [-0.25, -0.2) is 0 Å². The second kappa shape index (κ2) is 18.0. The van der Waals surface area contributed by atoms with Gasteiger partial charge in [-0.05, 0) is 211 Å². The van der Waals surface area contributed by atoms with Crippen molar-refractivity contribution in [1.29, 1.82) is 0 Å². The van der Waals surface area contributed by atoms with E-state index >= 15 is 0 Å². The summed E-state index contributed by atoms with van der Waals surface area (Å²) in [6.45, 7) is 37.0. The van der Waals surface area contributed by atoms with Crippen molar-refractivity contribution < 1.29 is 0 Å². The minimum atomic E-state index is -0.0398. The van der Waals surface area contributed by atoms with Gasteiger partial charge in [0.05, 0.1) is 11.4 Å². The molecule has 0 radical (unpaired) electrons. The van der Waals surface area contributed by atoms with Gasteiger partial charge in [-0.1, -0.05) is 171 Å². The lowest BCUT2D eigenvalue weighted by molar-refractivity contribution is 0.332. The van der Waals surface area contributed by atoms with E-state index in [1.165, 1.54) is 132 Å². The molecule has 5 aliphatic rings. The van der Waals surface area contributed by atoms with Crippen molar-refractivity contribution >= 4 is 127 Å². The van der Waals surface area contributed by atoms with Gasteiger partial charge in [0.2, 0.25) is 0 Å². The zero-order chi connectivity index (χ0) is 58.6. The highest BCUT2D eigenvalue weighted by molar-refractivity contribution is 7.33. The van der Waals surface area contributed by atoms with Crippen LogP contribution in [-0.4, -0.2) is 6.71 Å². The van der Waals surface area contributed by atoms with E-state index in [4.69, 9.17) is 0 Å². The number of hydrogen-bond donors (Lipinski definition) is 0. The third-order valence-electron chi connectivity index (χ3n) is 21.6. The van der Waals surface area contributed by atoms with Crippen LogP contribution in [0, 0.1) is 0 Å². The quantitative estimate of drug-likeness (QED) is 0.159. The van der Waals surface area contributed by atoms with Crippen LogP contribution in [0.4, 0.5) is 51.2 Å². The molecule has 3 aliphatic carbocycles. The number of anilines is 9. The van der Waals surface area contributed by atoms with Crippen molar-refractivity contribution in [1.82, 2.24) is 0 Å². The van der Waals surface area contributed by atoms with Gasteiger partial charge >= 0.3 is 0 Å². The Labute approximate surface area is 508 Å². The lowest BCUT2D eigenvalue weighted by atomic mass is 9.35. The molecule has 0 saturated carbocycles. The molecule has 8 aromatic carbocycles. The maximum absolute atomic E-state index is 2.77. The van der Waals surface area contributed by atoms with Crippen molar-refractivity contribution in [2.75, 3.05) is 14.7 Å². The van der Waals surface area contributed by atoms with Gasteiger partial charge in [0, 0.05) is 74.8 Å². The SMILES string of the molecule is CC(C)(C)c1ccc2sc3c(c2c1)N(c1ccc2c(c1)C(C)(C)CCC2(C)C)c1cc(N(c2ccccc2)c2ccc4c(c2)sc2ccccc24)cc2c1B3c1cc3c(cc1N2c1ccc2c(c1)C(C)(C)CCC2(C)C)C(C)(C)CCC3(C)C. The summed E-state index contributed by atoms with van der Waals surface area (Å²) in [4.78, 5) is 8.09. The Morgan fingerprint density at radius 1 is 0.393 bits per heavy atom. The number of benzene rings is 8. The van der Waals surface area contributed by atoms with Gasteiger partial charge in [0.15, 0.2) is 0 Å². The summed E-state index contributed by atoms with van der Waals surface area (Å²) < 4.78 is 5.40. The first-order valence-corrected chi connectivity index (χ1v) is 32.9. The fourth-order valence-electron chi connectivity index (χ4n) is 16.0. The molecule has 3 nitrogen and oxygen atoms in total. The number of thiophene rings is 2. The first-order chi connectivity index (χ1) is 39.7. The highest BCUT2D eigenvalue weighted by Gasteiger charge is 2.50. The number of nitrogens with zero attached hydrogens (tertiary/aromatic N) is 3. The van der Waals surface area contributed by atoms with E-state index < -0.39 is 0 Å². The molecule has 15 rings (SSSR count).